The van der Waals surface area contributed by atoms with Gasteiger partial charge in [-0.3, -0.25) is 0 Å². The molecule has 2 atom stereocenters. The first-order valence-electron chi connectivity index (χ1n) is 4.18. The quantitative estimate of drug-likeness (QED) is 0.507. The summed E-state index contributed by atoms with van der Waals surface area (Å²) in [7, 11) is 0. The van der Waals surface area contributed by atoms with Gasteiger partial charge < -0.3 is 21.7 Å². The third-order valence-electron chi connectivity index (χ3n) is 1.98. The van der Waals surface area contributed by atoms with Crippen LogP contribution in [0.4, 0.5) is 10.1 Å². The van der Waals surface area contributed by atoms with Crippen molar-refractivity contribution in [2.45, 2.75) is 12.2 Å². The van der Waals surface area contributed by atoms with E-state index in [1.165, 1.54) is 18.2 Å². The van der Waals surface area contributed by atoms with Gasteiger partial charge in [-0.15, -0.1) is 0 Å². The molecule has 6 N–H and O–H groups in total. The average molecular weight is 200 g/mol. The predicted octanol–water partition coefficient (Wildman–Crippen LogP) is -0.239. The number of nitrogens with two attached hydrogens (primary N) is 2. The van der Waals surface area contributed by atoms with E-state index in [0.29, 0.717) is 0 Å². The molecule has 0 spiro atoms. The van der Waals surface area contributed by atoms with E-state index in [1.807, 2.05) is 0 Å². The van der Waals surface area contributed by atoms with E-state index in [9.17, 15) is 14.6 Å². The van der Waals surface area contributed by atoms with E-state index >= 15 is 0 Å². The first-order valence-corrected chi connectivity index (χ1v) is 4.18. The van der Waals surface area contributed by atoms with Crippen molar-refractivity contribution >= 4 is 5.69 Å². The Morgan fingerprint density at radius 2 is 2.00 bits per heavy atom. The Hall–Kier alpha value is -1.17. The summed E-state index contributed by atoms with van der Waals surface area (Å²) < 4.78 is 13.3. The molecule has 0 aliphatic heterocycles. The fourth-order valence-corrected chi connectivity index (χ4v) is 1.13. The van der Waals surface area contributed by atoms with Crippen molar-refractivity contribution in [1.82, 2.24) is 0 Å². The van der Waals surface area contributed by atoms with Gasteiger partial charge in [0, 0.05) is 12.1 Å². The summed E-state index contributed by atoms with van der Waals surface area (Å²) in [5.41, 5.74) is 10.3. The highest BCUT2D eigenvalue weighted by atomic mass is 19.1. The maximum atomic E-state index is 13.3. The molecule has 2 unspecified atom stereocenters. The molecule has 1 aromatic carbocycles. The normalized spacial score (nSPS) is 15.1. The Labute approximate surface area is 81.0 Å². The van der Waals surface area contributed by atoms with E-state index < -0.39 is 18.0 Å². The molecule has 5 heteroatoms. The maximum absolute atomic E-state index is 13.3. The Bertz CT molecular complexity index is 320. The van der Waals surface area contributed by atoms with Crippen LogP contribution in [0.25, 0.3) is 0 Å². The van der Waals surface area contributed by atoms with Gasteiger partial charge in [0.15, 0.2) is 5.82 Å². The van der Waals surface area contributed by atoms with Crippen LogP contribution in [0.2, 0.25) is 0 Å². The zero-order valence-electron chi connectivity index (χ0n) is 7.52. The predicted molar refractivity (Wildman–Crippen MR) is 50.8 cm³/mol. The largest absolute Gasteiger partial charge is 0.396 e. The van der Waals surface area contributed by atoms with E-state index in [1.54, 1.807) is 0 Å². The molecule has 0 radical (unpaired) electrons. The van der Waals surface area contributed by atoms with Crippen molar-refractivity contribution in [2.75, 3.05) is 12.3 Å². The van der Waals surface area contributed by atoms with Gasteiger partial charge in [-0.2, -0.15) is 0 Å². The number of hydrogen-bond acceptors (Lipinski definition) is 4. The zero-order chi connectivity index (χ0) is 10.7. The fraction of sp³-hybridized carbons (Fsp3) is 0.333. The fourth-order valence-electron chi connectivity index (χ4n) is 1.13. The third-order valence-corrected chi connectivity index (χ3v) is 1.98. The molecule has 0 heterocycles. The highest BCUT2D eigenvalue weighted by molar-refractivity contribution is 5.43. The molecule has 0 saturated carbocycles. The summed E-state index contributed by atoms with van der Waals surface area (Å²) in [6.07, 6.45) is -2.53. The topological polar surface area (TPSA) is 92.5 Å². The molecule has 4 nitrogen and oxygen atoms in total. The Balaban J connectivity index is 3.01. The number of benzene rings is 1. The van der Waals surface area contributed by atoms with Crippen molar-refractivity contribution < 1.29 is 14.6 Å². The SMILES string of the molecule is NCC(O)C(O)c1cccc(N)c1F. The minimum Gasteiger partial charge on any atom is -0.396 e. The summed E-state index contributed by atoms with van der Waals surface area (Å²) in [6, 6.07) is 4.23. The van der Waals surface area contributed by atoms with Crippen LogP contribution in [0.15, 0.2) is 18.2 Å². The van der Waals surface area contributed by atoms with Crippen molar-refractivity contribution in [1.29, 1.82) is 0 Å². The smallest absolute Gasteiger partial charge is 0.151 e. The molecule has 0 saturated heterocycles. The number of rotatable bonds is 3. The van der Waals surface area contributed by atoms with Gasteiger partial charge >= 0.3 is 0 Å². The second kappa shape index (κ2) is 4.36. The Morgan fingerprint density at radius 3 is 2.57 bits per heavy atom. The third kappa shape index (κ3) is 2.01. The number of nitrogen functional groups attached to an aromatic ring is 1. The number of hydrogen-bond donors (Lipinski definition) is 4. The highest BCUT2D eigenvalue weighted by Gasteiger charge is 2.20. The van der Waals surface area contributed by atoms with Gasteiger partial charge in [0.1, 0.15) is 6.10 Å². The monoisotopic (exact) mass is 200 g/mol. The summed E-state index contributed by atoms with van der Waals surface area (Å²) in [6.45, 7) is -0.143. The zero-order valence-corrected chi connectivity index (χ0v) is 7.52. The van der Waals surface area contributed by atoms with E-state index in [-0.39, 0.29) is 17.8 Å². The minimum atomic E-state index is -1.34. The summed E-state index contributed by atoms with van der Waals surface area (Å²) >= 11 is 0. The van der Waals surface area contributed by atoms with Crippen molar-refractivity contribution in [3.63, 3.8) is 0 Å². The van der Waals surface area contributed by atoms with Crippen LogP contribution in [0.3, 0.4) is 0 Å². The summed E-state index contributed by atoms with van der Waals surface area (Å²) in [5, 5.41) is 18.7. The van der Waals surface area contributed by atoms with E-state index in [4.69, 9.17) is 11.5 Å². The van der Waals surface area contributed by atoms with Crippen LogP contribution in [-0.4, -0.2) is 22.9 Å². The standard InChI is InChI=1S/C9H13FN2O2/c10-8-5(2-1-3-6(8)12)9(14)7(13)4-11/h1-3,7,9,13-14H,4,11-12H2. The van der Waals surface area contributed by atoms with Gasteiger partial charge in [0.25, 0.3) is 0 Å². The average Bonchev–Trinajstić information content (AvgIpc) is 2.20. The van der Waals surface area contributed by atoms with Gasteiger partial charge in [-0.05, 0) is 6.07 Å². The lowest BCUT2D eigenvalue weighted by molar-refractivity contribution is 0.0223. The van der Waals surface area contributed by atoms with Crippen LogP contribution in [-0.2, 0) is 0 Å². The van der Waals surface area contributed by atoms with Crippen LogP contribution in [0, 0.1) is 5.82 Å². The molecule has 0 aliphatic rings. The number of aliphatic hydroxyl groups excluding tert-OH is 2. The van der Waals surface area contributed by atoms with Crippen LogP contribution in [0.5, 0.6) is 0 Å². The molecule has 1 aromatic rings. The number of aliphatic hydroxyl groups is 2. The molecule has 0 fully saturated rings. The maximum Gasteiger partial charge on any atom is 0.151 e. The van der Waals surface area contributed by atoms with E-state index in [0.717, 1.165) is 0 Å². The second-order valence-electron chi connectivity index (χ2n) is 3.00. The summed E-state index contributed by atoms with van der Waals surface area (Å²) in [5.74, 6) is -0.715. The van der Waals surface area contributed by atoms with Gasteiger partial charge in [-0.25, -0.2) is 4.39 Å². The van der Waals surface area contributed by atoms with Crippen molar-refractivity contribution in [3.05, 3.63) is 29.6 Å². The number of halogens is 1. The minimum absolute atomic E-state index is 0.0389. The van der Waals surface area contributed by atoms with Crippen LogP contribution in [0.1, 0.15) is 11.7 Å². The molecule has 0 bridgehead atoms. The summed E-state index contributed by atoms with van der Waals surface area (Å²) in [4.78, 5) is 0. The van der Waals surface area contributed by atoms with Gasteiger partial charge in [-0.1, -0.05) is 12.1 Å². The van der Waals surface area contributed by atoms with Crippen LogP contribution < -0.4 is 11.5 Å². The lowest BCUT2D eigenvalue weighted by Gasteiger charge is -2.17. The number of anilines is 1. The lowest BCUT2D eigenvalue weighted by Crippen LogP contribution is -2.27. The molecular formula is C9H13FN2O2. The Morgan fingerprint density at radius 1 is 1.36 bits per heavy atom. The Kier molecular flexibility index (Phi) is 3.40. The second-order valence-corrected chi connectivity index (χ2v) is 3.00. The molecule has 0 aromatic heterocycles. The molecular weight excluding hydrogens is 187 g/mol. The molecule has 78 valence electrons. The first kappa shape index (κ1) is 10.9. The van der Waals surface area contributed by atoms with E-state index in [2.05, 4.69) is 0 Å². The molecule has 1 rings (SSSR count). The van der Waals surface area contributed by atoms with Crippen LogP contribution >= 0.6 is 0 Å². The molecule has 0 amide bonds. The lowest BCUT2D eigenvalue weighted by atomic mass is 10.0. The first-order chi connectivity index (χ1) is 6.57. The van der Waals surface area contributed by atoms with Gasteiger partial charge in [0.05, 0.1) is 11.8 Å². The molecule has 14 heavy (non-hydrogen) atoms. The molecule has 0 aliphatic carbocycles. The van der Waals surface area contributed by atoms with Crippen molar-refractivity contribution in [3.8, 4) is 0 Å². The van der Waals surface area contributed by atoms with Crippen molar-refractivity contribution in [2.24, 2.45) is 5.73 Å². The highest BCUT2D eigenvalue weighted by Crippen LogP contribution is 2.23. The van der Waals surface area contributed by atoms with Gasteiger partial charge in [0.2, 0.25) is 0 Å².